The van der Waals surface area contributed by atoms with Crippen molar-refractivity contribution in [2.24, 2.45) is 5.92 Å². The van der Waals surface area contributed by atoms with Crippen molar-refractivity contribution in [1.29, 1.82) is 0 Å². The lowest BCUT2D eigenvalue weighted by Gasteiger charge is -2.18. The quantitative estimate of drug-likeness (QED) is 0.782. The summed E-state index contributed by atoms with van der Waals surface area (Å²) in [6, 6.07) is 0. The van der Waals surface area contributed by atoms with E-state index in [1.54, 1.807) is 7.05 Å². The van der Waals surface area contributed by atoms with Crippen LogP contribution in [0.5, 0.6) is 0 Å². The highest BCUT2D eigenvalue weighted by molar-refractivity contribution is 7.91. The van der Waals surface area contributed by atoms with Gasteiger partial charge in [-0.05, 0) is 12.8 Å². The molecule has 2 rings (SSSR count). The number of rotatable bonds is 5. The van der Waals surface area contributed by atoms with E-state index in [9.17, 15) is 13.2 Å². The van der Waals surface area contributed by atoms with Crippen molar-refractivity contribution >= 4 is 15.7 Å². The van der Waals surface area contributed by atoms with E-state index in [4.69, 9.17) is 4.52 Å². The molecule has 1 atom stereocenters. The Morgan fingerprint density at radius 3 is 2.85 bits per heavy atom. The smallest absolute Gasteiger partial charge is 0.246 e. The number of nitrogens with zero attached hydrogens (tertiary/aromatic N) is 3. The molecule has 1 aromatic heterocycles. The van der Waals surface area contributed by atoms with E-state index in [0.717, 1.165) is 12.8 Å². The Hall–Kier alpha value is -1.44. The maximum Gasteiger partial charge on any atom is 0.246 e. The molecule has 0 aromatic carbocycles. The van der Waals surface area contributed by atoms with Crippen molar-refractivity contribution in [2.45, 2.75) is 32.7 Å². The summed E-state index contributed by atoms with van der Waals surface area (Å²) in [6.07, 6.45) is 2.06. The fourth-order valence-corrected chi connectivity index (χ4v) is 3.99. The van der Waals surface area contributed by atoms with Gasteiger partial charge in [-0.1, -0.05) is 12.1 Å². The molecule has 1 saturated heterocycles. The summed E-state index contributed by atoms with van der Waals surface area (Å²) >= 11 is 0. The Labute approximate surface area is 118 Å². The zero-order valence-corrected chi connectivity index (χ0v) is 12.5. The summed E-state index contributed by atoms with van der Waals surface area (Å²) < 4.78 is 27.8. The van der Waals surface area contributed by atoms with Gasteiger partial charge in [-0.2, -0.15) is 4.98 Å². The first-order valence-electron chi connectivity index (χ1n) is 6.68. The molecule has 0 spiro atoms. The van der Waals surface area contributed by atoms with Gasteiger partial charge >= 0.3 is 0 Å². The van der Waals surface area contributed by atoms with Gasteiger partial charge in [0.25, 0.3) is 0 Å². The molecule has 20 heavy (non-hydrogen) atoms. The molecule has 7 nitrogen and oxygen atoms in total. The minimum absolute atomic E-state index is 0.0545. The van der Waals surface area contributed by atoms with Crippen LogP contribution in [-0.4, -0.2) is 47.9 Å². The fraction of sp³-hybridized carbons (Fsp3) is 0.750. The molecule has 2 heterocycles. The summed E-state index contributed by atoms with van der Waals surface area (Å²) in [6.45, 7) is 2.23. The molecular formula is C12H19N3O4S. The highest BCUT2D eigenvalue weighted by atomic mass is 32.2. The topological polar surface area (TPSA) is 93.4 Å². The van der Waals surface area contributed by atoms with Crippen molar-refractivity contribution in [3.05, 3.63) is 11.7 Å². The average Bonchev–Trinajstić information content (AvgIpc) is 2.95. The third kappa shape index (κ3) is 3.56. The van der Waals surface area contributed by atoms with Crippen LogP contribution in [0.25, 0.3) is 0 Å². The van der Waals surface area contributed by atoms with Crippen LogP contribution in [0.15, 0.2) is 4.52 Å². The summed E-state index contributed by atoms with van der Waals surface area (Å²) in [5.74, 6) is 0.431. The van der Waals surface area contributed by atoms with Crippen molar-refractivity contribution < 1.29 is 17.7 Å². The normalized spacial score (nSPS) is 21.0. The lowest BCUT2D eigenvalue weighted by Crippen LogP contribution is -2.33. The number of hydrogen-bond donors (Lipinski definition) is 0. The number of hydrogen-bond acceptors (Lipinski definition) is 6. The third-order valence-corrected chi connectivity index (χ3v) is 5.08. The standard InChI is InChI=1S/C12H19N3O4S/c1-3-4-10-13-11(19-14-10)7-15(2)12(16)9-5-6-20(17,18)8-9/h9H,3-8H2,1-2H3. The van der Waals surface area contributed by atoms with Gasteiger partial charge in [0.05, 0.1) is 24.0 Å². The van der Waals surface area contributed by atoms with E-state index in [1.807, 2.05) is 6.92 Å². The van der Waals surface area contributed by atoms with Crippen molar-refractivity contribution in [3.8, 4) is 0 Å². The lowest BCUT2D eigenvalue weighted by atomic mass is 10.1. The van der Waals surface area contributed by atoms with Crippen LogP contribution in [0, 0.1) is 5.92 Å². The molecule has 8 heteroatoms. The van der Waals surface area contributed by atoms with E-state index in [2.05, 4.69) is 10.1 Å². The summed E-state index contributed by atoms with van der Waals surface area (Å²) in [7, 11) is -1.43. The maximum atomic E-state index is 12.1. The minimum Gasteiger partial charge on any atom is -0.337 e. The molecule has 1 amide bonds. The minimum atomic E-state index is -3.05. The fourth-order valence-electron chi connectivity index (χ4n) is 2.26. The Morgan fingerprint density at radius 1 is 1.50 bits per heavy atom. The number of carbonyl (C=O) groups is 1. The predicted molar refractivity (Wildman–Crippen MR) is 71.5 cm³/mol. The molecule has 1 aliphatic rings. The van der Waals surface area contributed by atoms with Crippen LogP contribution >= 0.6 is 0 Å². The van der Waals surface area contributed by atoms with E-state index in [1.165, 1.54) is 4.90 Å². The lowest BCUT2D eigenvalue weighted by molar-refractivity contribution is -0.134. The van der Waals surface area contributed by atoms with Crippen LogP contribution in [-0.2, 0) is 27.6 Å². The highest BCUT2D eigenvalue weighted by Gasteiger charge is 2.34. The van der Waals surface area contributed by atoms with E-state index in [-0.39, 0.29) is 24.0 Å². The molecule has 1 aliphatic heterocycles. The van der Waals surface area contributed by atoms with Gasteiger partial charge in [-0.3, -0.25) is 4.79 Å². The molecular weight excluding hydrogens is 282 g/mol. The monoisotopic (exact) mass is 301 g/mol. The molecule has 1 unspecified atom stereocenters. The predicted octanol–water partition coefficient (Wildman–Crippen LogP) is 0.415. The summed E-state index contributed by atoms with van der Waals surface area (Å²) in [5.41, 5.74) is 0. The van der Waals surface area contributed by atoms with Crippen molar-refractivity contribution in [2.75, 3.05) is 18.6 Å². The molecule has 0 aliphatic carbocycles. The first-order valence-corrected chi connectivity index (χ1v) is 8.50. The van der Waals surface area contributed by atoms with Crippen molar-refractivity contribution in [3.63, 3.8) is 0 Å². The Kier molecular flexibility index (Phi) is 4.42. The summed E-state index contributed by atoms with van der Waals surface area (Å²) in [4.78, 5) is 17.8. The van der Waals surface area contributed by atoms with E-state index in [0.29, 0.717) is 18.1 Å². The van der Waals surface area contributed by atoms with Gasteiger partial charge in [-0.15, -0.1) is 0 Å². The van der Waals surface area contributed by atoms with E-state index >= 15 is 0 Å². The maximum absolute atomic E-state index is 12.1. The second kappa shape index (κ2) is 5.90. The second-order valence-corrected chi connectivity index (χ2v) is 7.38. The first-order chi connectivity index (χ1) is 9.41. The number of aromatic nitrogens is 2. The van der Waals surface area contributed by atoms with Crippen LogP contribution < -0.4 is 0 Å². The molecule has 1 fully saturated rings. The summed E-state index contributed by atoms with van der Waals surface area (Å²) in [5, 5.41) is 3.82. The van der Waals surface area contributed by atoms with E-state index < -0.39 is 15.8 Å². The SMILES string of the molecule is CCCc1noc(CN(C)C(=O)C2CCS(=O)(=O)C2)n1. The van der Waals surface area contributed by atoms with Gasteiger partial charge in [0.1, 0.15) is 0 Å². The number of amides is 1. The average molecular weight is 301 g/mol. The van der Waals surface area contributed by atoms with Crippen LogP contribution in [0.3, 0.4) is 0 Å². The largest absolute Gasteiger partial charge is 0.337 e. The Morgan fingerprint density at radius 2 is 2.25 bits per heavy atom. The third-order valence-electron chi connectivity index (χ3n) is 3.31. The molecule has 1 aromatic rings. The molecule has 0 bridgehead atoms. The molecule has 112 valence electrons. The number of aryl methyl sites for hydroxylation is 1. The van der Waals surface area contributed by atoms with Gasteiger partial charge in [0, 0.05) is 13.5 Å². The van der Waals surface area contributed by atoms with Crippen LogP contribution in [0.4, 0.5) is 0 Å². The molecule has 0 saturated carbocycles. The Balaban J connectivity index is 1.93. The van der Waals surface area contributed by atoms with Gasteiger partial charge in [0.15, 0.2) is 15.7 Å². The number of sulfone groups is 1. The van der Waals surface area contributed by atoms with Gasteiger partial charge in [-0.25, -0.2) is 8.42 Å². The first kappa shape index (κ1) is 15.0. The highest BCUT2D eigenvalue weighted by Crippen LogP contribution is 2.20. The zero-order chi connectivity index (χ0) is 14.8. The van der Waals surface area contributed by atoms with Crippen LogP contribution in [0.2, 0.25) is 0 Å². The molecule has 0 radical (unpaired) electrons. The van der Waals surface area contributed by atoms with Gasteiger partial charge < -0.3 is 9.42 Å². The molecule has 0 N–H and O–H groups in total. The second-order valence-electron chi connectivity index (χ2n) is 5.15. The van der Waals surface area contributed by atoms with Crippen molar-refractivity contribution in [1.82, 2.24) is 15.0 Å². The number of carbonyl (C=O) groups excluding carboxylic acids is 1. The van der Waals surface area contributed by atoms with Gasteiger partial charge in [0.2, 0.25) is 11.8 Å². The van der Waals surface area contributed by atoms with Crippen LogP contribution in [0.1, 0.15) is 31.5 Å². The zero-order valence-electron chi connectivity index (χ0n) is 11.7. The Bertz CT molecular complexity index is 581.